The van der Waals surface area contributed by atoms with Crippen molar-refractivity contribution in [2.24, 2.45) is 0 Å². The Kier molecular flexibility index (Phi) is 3.86. The Morgan fingerprint density at radius 3 is 2.73 bits per heavy atom. The van der Waals surface area contributed by atoms with Crippen LogP contribution in [0.3, 0.4) is 0 Å². The topological polar surface area (TPSA) is 9.23 Å². The minimum Gasteiger partial charge on any atom is -0.375 e. The molecule has 0 aromatic heterocycles. The molecular formula is C9H17BrO. The lowest BCUT2D eigenvalue weighted by atomic mass is 10.1. The summed E-state index contributed by atoms with van der Waals surface area (Å²) in [6.45, 7) is 4.36. The van der Waals surface area contributed by atoms with Crippen LogP contribution in [0.1, 0.15) is 39.5 Å². The van der Waals surface area contributed by atoms with Crippen molar-refractivity contribution in [2.75, 3.05) is 0 Å². The number of halogens is 1. The molecule has 1 aliphatic rings. The van der Waals surface area contributed by atoms with E-state index in [0.717, 1.165) is 0 Å². The number of rotatable bonds is 3. The van der Waals surface area contributed by atoms with Gasteiger partial charge in [0.15, 0.2) is 0 Å². The predicted octanol–water partition coefficient (Wildman–Crippen LogP) is 3.12. The molecule has 0 aromatic rings. The average Bonchev–Trinajstić information content (AvgIpc) is 2.31. The van der Waals surface area contributed by atoms with Crippen LogP contribution < -0.4 is 0 Å². The van der Waals surface area contributed by atoms with Crippen molar-refractivity contribution in [3.63, 3.8) is 0 Å². The summed E-state index contributed by atoms with van der Waals surface area (Å²) in [7, 11) is 0. The Morgan fingerprint density at radius 2 is 2.27 bits per heavy atom. The molecule has 1 saturated heterocycles. The first kappa shape index (κ1) is 9.53. The smallest absolute Gasteiger partial charge is 0.0580 e. The fraction of sp³-hybridized carbons (Fsp3) is 1.00. The van der Waals surface area contributed by atoms with Gasteiger partial charge in [-0.25, -0.2) is 0 Å². The largest absolute Gasteiger partial charge is 0.375 e. The van der Waals surface area contributed by atoms with E-state index in [0.29, 0.717) is 17.0 Å². The SMILES string of the molecule is CC(Br)CCC1CCC(C)O1. The van der Waals surface area contributed by atoms with Crippen LogP contribution in [-0.4, -0.2) is 17.0 Å². The summed E-state index contributed by atoms with van der Waals surface area (Å²) in [5.74, 6) is 0. The van der Waals surface area contributed by atoms with Crippen LogP contribution in [0, 0.1) is 0 Å². The third-order valence-corrected chi connectivity index (χ3v) is 2.66. The lowest BCUT2D eigenvalue weighted by Crippen LogP contribution is -2.09. The number of ether oxygens (including phenoxy) is 1. The molecule has 1 aliphatic heterocycles. The Hall–Kier alpha value is 0.440. The van der Waals surface area contributed by atoms with Gasteiger partial charge in [0.2, 0.25) is 0 Å². The van der Waals surface area contributed by atoms with Crippen molar-refractivity contribution in [1.29, 1.82) is 0 Å². The van der Waals surface area contributed by atoms with Crippen molar-refractivity contribution in [3.05, 3.63) is 0 Å². The van der Waals surface area contributed by atoms with Crippen LogP contribution in [0.4, 0.5) is 0 Å². The van der Waals surface area contributed by atoms with E-state index in [9.17, 15) is 0 Å². The Balaban J connectivity index is 2.08. The number of alkyl halides is 1. The maximum atomic E-state index is 5.69. The van der Waals surface area contributed by atoms with Gasteiger partial charge in [0.25, 0.3) is 0 Å². The van der Waals surface area contributed by atoms with Crippen LogP contribution in [0.5, 0.6) is 0 Å². The lowest BCUT2D eigenvalue weighted by Gasteiger charge is -2.11. The normalized spacial score (nSPS) is 34.1. The molecule has 0 aromatic carbocycles. The van der Waals surface area contributed by atoms with Gasteiger partial charge in [-0.05, 0) is 32.6 Å². The summed E-state index contributed by atoms with van der Waals surface area (Å²) >= 11 is 3.54. The van der Waals surface area contributed by atoms with E-state index in [2.05, 4.69) is 29.8 Å². The highest BCUT2D eigenvalue weighted by Crippen LogP contribution is 2.23. The fourth-order valence-electron chi connectivity index (χ4n) is 1.51. The molecule has 0 amide bonds. The van der Waals surface area contributed by atoms with E-state index in [4.69, 9.17) is 4.74 Å². The molecule has 66 valence electrons. The molecule has 2 heteroatoms. The standard InChI is InChI=1S/C9H17BrO/c1-7(10)3-5-9-6-4-8(2)11-9/h7-9H,3-6H2,1-2H3. The monoisotopic (exact) mass is 220 g/mol. The second-order valence-electron chi connectivity index (χ2n) is 3.50. The first-order valence-corrected chi connectivity index (χ1v) is 5.39. The van der Waals surface area contributed by atoms with Gasteiger partial charge in [0.1, 0.15) is 0 Å². The van der Waals surface area contributed by atoms with Crippen molar-refractivity contribution < 1.29 is 4.74 Å². The molecule has 11 heavy (non-hydrogen) atoms. The first-order valence-electron chi connectivity index (χ1n) is 4.48. The van der Waals surface area contributed by atoms with Crippen LogP contribution in [0.15, 0.2) is 0 Å². The van der Waals surface area contributed by atoms with E-state index in [1.54, 1.807) is 0 Å². The second-order valence-corrected chi connectivity index (χ2v) is 5.07. The molecule has 0 saturated carbocycles. The summed E-state index contributed by atoms with van der Waals surface area (Å²) in [5, 5.41) is 0. The molecule has 0 N–H and O–H groups in total. The Labute approximate surface area is 77.6 Å². The summed E-state index contributed by atoms with van der Waals surface area (Å²) in [6, 6.07) is 0. The van der Waals surface area contributed by atoms with E-state index in [1.165, 1.54) is 25.7 Å². The van der Waals surface area contributed by atoms with Crippen LogP contribution in [0.25, 0.3) is 0 Å². The zero-order valence-electron chi connectivity index (χ0n) is 7.35. The second kappa shape index (κ2) is 4.46. The minimum atomic E-state index is 0.505. The van der Waals surface area contributed by atoms with E-state index in [1.807, 2.05) is 0 Å². The molecule has 0 aliphatic carbocycles. The third kappa shape index (κ3) is 3.57. The van der Waals surface area contributed by atoms with Gasteiger partial charge in [0.05, 0.1) is 12.2 Å². The summed E-state index contributed by atoms with van der Waals surface area (Å²) < 4.78 is 5.69. The van der Waals surface area contributed by atoms with Gasteiger partial charge in [-0.15, -0.1) is 0 Å². The minimum absolute atomic E-state index is 0.505. The quantitative estimate of drug-likeness (QED) is 0.665. The number of hydrogen-bond donors (Lipinski definition) is 0. The van der Waals surface area contributed by atoms with Crippen molar-refractivity contribution in [3.8, 4) is 0 Å². The number of hydrogen-bond acceptors (Lipinski definition) is 1. The van der Waals surface area contributed by atoms with Gasteiger partial charge < -0.3 is 4.74 Å². The van der Waals surface area contributed by atoms with Crippen LogP contribution in [-0.2, 0) is 4.74 Å². The van der Waals surface area contributed by atoms with E-state index in [-0.39, 0.29) is 0 Å². The zero-order valence-corrected chi connectivity index (χ0v) is 8.93. The van der Waals surface area contributed by atoms with Crippen LogP contribution >= 0.6 is 15.9 Å². The van der Waals surface area contributed by atoms with Gasteiger partial charge >= 0.3 is 0 Å². The molecule has 3 unspecified atom stereocenters. The lowest BCUT2D eigenvalue weighted by molar-refractivity contribution is 0.0500. The van der Waals surface area contributed by atoms with E-state index < -0.39 is 0 Å². The van der Waals surface area contributed by atoms with Crippen molar-refractivity contribution in [1.82, 2.24) is 0 Å². The third-order valence-electron chi connectivity index (χ3n) is 2.21. The highest BCUT2D eigenvalue weighted by molar-refractivity contribution is 9.09. The Morgan fingerprint density at radius 1 is 1.55 bits per heavy atom. The maximum Gasteiger partial charge on any atom is 0.0580 e. The predicted molar refractivity (Wildman–Crippen MR) is 51.2 cm³/mol. The van der Waals surface area contributed by atoms with Crippen molar-refractivity contribution >= 4 is 15.9 Å². The molecular weight excluding hydrogens is 204 g/mol. The first-order chi connectivity index (χ1) is 5.18. The summed E-state index contributed by atoms with van der Waals surface area (Å²) in [6.07, 6.45) is 6.02. The van der Waals surface area contributed by atoms with Gasteiger partial charge in [-0.2, -0.15) is 0 Å². The Bertz CT molecular complexity index is 114. The highest BCUT2D eigenvalue weighted by atomic mass is 79.9. The maximum absolute atomic E-state index is 5.69. The molecule has 1 heterocycles. The molecule has 0 spiro atoms. The van der Waals surface area contributed by atoms with Gasteiger partial charge in [0, 0.05) is 4.83 Å². The van der Waals surface area contributed by atoms with Gasteiger partial charge in [-0.3, -0.25) is 0 Å². The van der Waals surface area contributed by atoms with Gasteiger partial charge in [-0.1, -0.05) is 22.9 Å². The summed E-state index contributed by atoms with van der Waals surface area (Å²) in [4.78, 5) is 0.641. The summed E-state index contributed by atoms with van der Waals surface area (Å²) in [5.41, 5.74) is 0. The molecule has 0 radical (unpaired) electrons. The molecule has 0 bridgehead atoms. The molecule has 1 nitrogen and oxygen atoms in total. The van der Waals surface area contributed by atoms with Crippen molar-refractivity contribution in [2.45, 2.75) is 56.6 Å². The highest BCUT2D eigenvalue weighted by Gasteiger charge is 2.21. The molecule has 1 rings (SSSR count). The molecule has 1 fully saturated rings. The fourth-order valence-corrected chi connectivity index (χ4v) is 1.78. The van der Waals surface area contributed by atoms with Crippen LogP contribution in [0.2, 0.25) is 0 Å². The average molecular weight is 221 g/mol. The zero-order chi connectivity index (χ0) is 8.27. The van der Waals surface area contributed by atoms with E-state index >= 15 is 0 Å². The molecule has 3 atom stereocenters.